The molecule has 0 saturated heterocycles. The largest absolute Gasteiger partial charge is 0.456 e. The number of aromatic nitrogens is 3. The molecular formula is C39H20B5N3O. The summed E-state index contributed by atoms with van der Waals surface area (Å²) in [5.41, 5.74) is 8.71. The maximum atomic E-state index is 6.34. The number of nitrogens with zero attached hydrogens (tertiary/aromatic N) is 3. The lowest BCUT2D eigenvalue weighted by Crippen LogP contribution is -2.55. The van der Waals surface area contributed by atoms with Crippen molar-refractivity contribution in [2.24, 2.45) is 0 Å². The number of benzene rings is 6. The second-order valence-electron chi connectivity index (χ2n) is 11.6. The topological polar surface area (TPSA) is 51.8 Å². The Bertz CT molecular complexity index is 2410. The fraction of sp³-hybridized carbons (Fsp3) is 0. The zero-order valence-corrected chi connectivity index (χ0v) is 25.7. The summed E-state index contributed by atoms with van der Waals surface area (Å²) >= 11 is 0. The Morgan fingerprint density at radius 2 is 0.896 bits per heavy atom. The van der Waals surface area contributed by atoms with Crippen molar-refractivity contribution < 1.29 is 4.42 Å². The third-order valence-electron chi connectivity index (χ3n) is 8.64. The average Bonchev–Trinajstić information content (AvgIpc) is 3.52. The summed E-state index contributed by atoms with van der Waals surface area (Å²) < 4.78 is 6.33. The van der Waals surface area contributed by atoms with E-state index in [2.05, 4.69) is 12.1 Å². The smallest absolute Gasteiger partial charge is 0.164 e. The molecule has 0 aliphatic carbocycles. The fourth-order valence-corrected chi connectivity index (χ4v) is 6.12. The number of hydrogen-bond acceptors (Lipinski definition) is 4. The molecule has 6 aromatic carbocycles. The van der Waals surface area contributed by atoms with Crippen LogP contribution in [0.25, 0.3) is 78.4 Å². The number of hydrogen-bond donors (Lipinski definition) is 0. The molecule has 48 heavy (non-hydrogen) atoms. The Morgan fingerprint density at radius 1 is 0.396 bits per heavy atom. The van der Waals surface area contributed by atoms with E-state index in [-0.39, 0.29) is 16.4 Å². The van der Waals surface area contributed by atoms with E-state index in [1.807, 2.05) is 109 Å². The van der Waals surface area contributed by atoms with Gasteiger partial charge < -0.3 is 4.42 Å². The molecule has 2 heterocycles. The van der Waals surface area contributed by atoms with Gasteiger partial charge in [-0.2, -0.15) is 0 Å². The minimum Gasteiger partial charge on any atom is -0.456 e. The van der Waals surface area contributed by atoms with E-state index in [1.54, 1.807) is 0 Å². The molecule has 10 radical (unpaired) electrons. The van der Waals surface area contributed by atoms with Gasteiger partial charge in [0.25, 0.3) is 0 Å². The van der Waals surface area contributed by atoms with E-state index in [1.165, 1.54) is 0 Å². The van der Waals surface area contributed by atoms with Gasteiger partial charge in [0, 0.05) is 27.5 Å². The molecule has 0 saturated carbocycles. The highest BCUT2D eigenvalue weighted by molar-refractivity contribution is 6.68. The zero-order valence-electron chi connectivity index (χ0n) is 25.7. The number of fused-ring (bicyclic) bond motifs is 3. The highest BCUT2D eigenvalue weighted by atomic mass is 16.3. The van der Waals surface area contributed by atoms with Crippen LogP contribution in [-0.2, 0) is 0 Å². The maximum Gasteiger partial charge on any atom is 0.164 e. The van der Waals surface area contributed by atoms with Crippen LogP contribution in [0.2, 0.25) is 0 Å². The molecule has 0 atom stereocenters. The SMILES string of the molecule is [B]c1c([B])c([B])c(-c2ccc(-c3cccc4oc5ccc(-c6nc(-c7ccccc7)nc(-c7ccccc7)n6)cc5c34)cc2)c([B])c1[B]. The van der Waals surface area contributed by atoms with E-state index < -0.39 is 0 Å². The lowest BCUT2D eigenvalue weighted by molar-refractivity contribution is 0.669. The first-order chi connectivity index (χ1) is 23.4. The summed E-state index contributed by atoms with van der Waals surface area (Å²) in [6.45, 7) is 0. The first-order valence-electron chi connectivity index (χ1n) is 15.3. The van der Waals surface area contributed by atoms with Gasteiger partial charge in [-0.15, -0.1) is 16.4 Å². The van der Waals surface area contributed by atoms with E-state index in [4.69, 9.17) is 58.6 Å². The molecule has 0 unspecified atom stereocenters. The van der Waals surface area contributed by atoms with Crippen LogP contribution in [0.1, 0.15) is 0 Å². The predicted molar refractivity (Wildman–Crippen MR) is 201 cm³/mol. The lowest BCUT2D eigenvalue weighted by atomic mass is 9.59. The molecule has 0 fully saturated rings. The first kappa shape index (κ1) is 29.8. The van der Waals surface area contributed by atoms with E-state index in [0.29, 0.717) is 34.0 Å². The summed E-state index contributed by atoms with van der Waals surface area (Å²) in [5, 5.41) is 1.92. The zero-order chi connectivity index (χ0) is 32.9. The third-order valence-corrected chi connectivity index (χ3v) is 8.64. The Kier molecular flexibility index (Phi) is 7.41. The molecular weight excluding hydrogens is 581 g/mol. The second-order valence-corrected chi connectivity index (χ2v) is 11.6. The van der Waals surface area contributed by atoms with Gasteiger partial charge in [0.2, 0.25) is 0 Å². The molecule has 4 nitrogen and oxygen atoms in total. The fourth-order valence-electron chi connectivity index (χ4n) is 6.12. The summed E-state index contributed by atoms with van der Waals surface area (Å²) in [6.07, 6.45) is 0. The highest BCUT2D eigenvalue weighted by Crippen LogP contribution is 2.38. The average molecular weight is 601 g/mol. The van der Waals surface area contributed by atoms with Gasteiger partial charge in [-0.25, -0.2) is 15.0 Å². The van der Waals surface area contributed by atoms with Crippen LogP contribution in [0.15, 0.2) is 126 Å². The molecule has 0 amide bonds. The van der Waals surface area contributed by atoms with Crippen molar-refractivity contribution in [1.29, 1.82) is 0 Å². The van der Waals surface area contributed by atoms with Crippen molar-refractivity contribution in [2.45, 2.75) is 0 Å². The van der Waals surface area contributed by atoms with Crippen molar-refractivity contribution in [3.63, 3.8) is 0 Å². The first-order valence-corrected chi connectivity index (χ1v) is 15.3. The second kappa shape index (κ2) is 11.9. The summed E-state index contributed by atoms with van der Waals surface area (Å²) in [4.78, 5) is 14.7. The molecule has 0 aliphatic rings. The third kappa shape index (κ3) is 5.07. The van der Waals surface area contributed by atoms with Crippen molar-refractivity contribution >= 4 is 88.5 Å². The van der Waals surface area contributed by atoms with Gasteiger partial charge >= 0.3 is 0 Å². The highest BCUT2D eigenvalue weighted by Gasteiger charge is 2.17. The minimum atomic E-state index is 0.188. The van der Waals surface area contributed by atoms with Crippen LogP contribution in [0.4, 0.5) is 0 Å². The summed E-state index contributed by atoms with van der Waals surface area (Å²) in [5.74, 6) is 1.77. The van der Waals surface area contributed by atoms with Crippen molar-refractivity contribution in [3.05, 3.63) is 121 Å². The Hall–Kier alpha value is -5.55. The van der Waals surface area contributed by atoms with Crippen LogP contribution in [0.5, 0.6) is 0 Å². The molecule has 0 N–H and O–H groups in total. The molecule has 2 aromatic heterocycles. The van der Waals surface area contributed by atoms with Gasteiger partial charge in [-0.05, 0) is 46.5 Å². The van der Waals surface area contributed by atoms with Crippen molar-refractivity contribution in [1.82, 2.24) is 15.0 Å². The Labute approximate surface area is 284 Å². The lowest BCUT2D eigenvalue weighted by Gasteiger charge is -2.21. The minimum absolute atomic E-state index is 0.188. The molecule has 9 heteroatoms. The van der Waals surface area contributed by atoms with Crippen LogP contribution in [-0.4, -0.2) is 54.2 Å². The summed E-state index contributed by atoms with van der Waals surface area (Å²) in [6, 6.07) is 39.8. The molecule has 0 spiro atoms. The van der Waals surface area contributed by atoms with Gasteiger partial charge in [0.1, 0.15) is 50.4 Å². The van der Waals surface area contributed by atoms with Gasteiger partial charge in [0.05, 0.1) is 0 Å². The van der Waals surface area contributed by atoms with E-state index in [0.717, 1.165) is 55.3 Å². The van der Waals surface area contributed by atoms with Crippen LogP contribution < -0.4 is 27.3 Å². The predicted octanol–water partition coefficient (Wildman–Crippen LogP) is 4.08. The standard InChI is InChI=1S/C39H20B5N3O/c40-32-30(33(41)35(43)36(44)34(32)42)22-16-14-21(15-17-22)26-12-7-13-29-31(26)27-20-25(18-19-28(27)48-29)39-46-37(23-8-3-1-4-9-23)45-38(47-39)24-10-5-2-6-11-24/h1-20H. The van der Waals surface area contributed by atoms with Crippen molar-refractivity contribution in [2.75, 3.05) is 0 Å². The van der Waals surface area contributed by atoms with Gasteiger partial charge in [-0.3, -0.25) is 0 Å². The monoisotopic (exact) mass is 601 g/mol. The maximum absolute atomic E-state index is 6.34. The number of furan rings is 1. The molecule has 212 valence electrons. The van der Waals surface area contributed by atoms with Gasteiger partial charge in [-0.1, -0.05) is 108 Å². The quantitative estimate of drug-likeness (QED) is 0.280. The normalized spacial score (nSPS) is 11.3. The molecule has 0 bridgehead atoms. The number of rotatable bonds is 5. The van der Waals surface area contributed by atoms with E-state index >= 15 is 0 Å². The van der Waals surface area contributed by atoms with Crippen LogP contribution in [0, 0.1) is 0 Å². The molecule has 8 aromatic rings. The van der Waals surface area contributed by atoms with E-state index in [9.17, 15) is 0 Å². The Morgan fingerprint density at radius 3 is 1.48 bits per heavy atom. The molecule has 8 rings (SSSR count). The van der Waals surface area contributed by atoms with Gasteiger partial charge in [0.15, 0.2) is 17.5 Å². The summed E-state index contributed by atoms with van der Waals surface area (Å²) in [7, 11) is 30.9. The van der Waals surface area contributed by atoms with Crippen LogP contribution in [0.3, 0.4) is 0 Å². The Balaban J connectivity index is 1.26. The van der Waals surface area contributed by atoms with Crippen molar-refractivity contribution in [3.8, 4) is 56.4 Å². The van der Waals surface area contributed by atoms with Crippen LogP contribution >= 0.6 is 0 Å². The molecule has 0 aliphatic heterocycles.